The second-order valence-electron chi connectivity index (χ2n) is 6.87. The Hall–Kier alpha value is -2.71. The van der Waals surface area contributed by atoms with E-state index >= 15 is 0 Å². The molecule has 3 heterocycles. The molecule has 3 aromatic rings. The van der Waals surface area contributed by atoms with Crippen LogP contribution in [0.5, 0.6) is 0 Å². The molecule has 0 unspecified atom stereocenters. The van der Waals surface area contributed by atoms with Crippen LogP contribution >= 0.6 is 0 Å². The first-order chi connectivity index (χ1) is 11.5. The third kappa shape index (κ3) is 2.45. The van der Waals surface area contributed by atoms with Gasteiger partial charge in [0.05, 0.1) is 23.6 Å². The summed E-state index contributed by atoms with van der Waals surface area (Å²) in [6.45, 7) is 10.7. The summed E-state index contributed by atoms with van der Waals surface area (Å²) in [6.07, 6.45) is 7.62. The molecule has 120 valence electrons. The first kappa shape index (κ1) is 14.9. The SMILES string of the molecule is [C-]#[N+]c1ccc2nc(-c3cncc(C(C)(C)O)c3)c(C3CC3)n2c1. The molecule has 1 saturated carbocycles. The van der Waals surface area contributed by atoms with Gasteiger partial charge in [0, 0.05) is 35.6 Å². The number of rotatable bonds is 3. The highest BCUT2D eigenvalue weighted by atomic mass is 16.3. The number of nitrogens with zero attached hydrogens (tertiary/aromatic N) is 4. The van der Waals surface area contributed by atoms with Gasteiger partial charge in [0.2, 0.25) is 5.69 Å². The molecule has 0 aromatic carbocycles. The van der Waals surface area contributed by atoms with Crippen molar-refractivity contribution in [3.8, 4) is 11.3 Å². The molecule has 0 spiro atoms. The monoisotopic (exact) mass is 318 g/mol. The minimum absolute atomic E-state index is 0.474. The standard InChI is InChI=1S/C19H18N4O/c1-19(2,24)14-8-13(9-21-10-14)17-18(12-4-5-12)23-11-15(20-3)6-7-16(23)22-17/h6-12,24H,4-5H2,1-2H3. The number of pyridine rings is 2. The number of aromatic nitrogens is 3. The quantitative estimate of drug-likeness (QED) is 0.741. The predicted molar refractivity (Wildman–Crippen MR) is 91.9 cm³/mol. The maximum absolute atomic E-state index is 10.3. The molecular weight excluding hydrogens is 300 g/mol. The highest BCUT2D eigenvalue weighted by molar-refractivity contribution is 5.69. The molecule has 0 bridgehead atoms. The molecule has 3 aromatic heterocycles. The summed E-state index contributed by atoms with van der Waals surface area (Å²) in [4.78, 5) is 12.6. The molecule has 1 N–H and O–H groups in total. The van der Waals surface area contributed by atoms with Gasteiger partial charge in [-0.15, -0.1) is 0 Å². The summed E-state index contributed by atoms with van der Waals surface area (Å²) in [6, 6.07) is 5.63. The van der Waals surface area contributed by atoms with Crippen LogP contribution in [0.15, 0.2) is 36.8 Å². The Labute approximate surface area is 140 Å². The van der Waals surface area contributed by atoms with E-state index in [0.717, 1.165) is 41.0 Å². The van der Waals surface area contributed by atoms with Crippen molar-refractivity contribution >= 4 is 11.3 Å². The molecule has 5 nitrogen and oxygen atoms in total. The Morgan fingerprint density at radius 2 is 2.08 bits per heavy atom. The van der Waals surface area contributed by atoms with Gasteiger partial charge in [-0.25, -0.2) is 9.83 Å². The van der Waals surface area contributed by atoms with Gasteiger partial charge in [-0.3, -0.25) is 4.98 Å². The molecular formula is C19H18N4O. The van der Waals surface area contributed by atoms with Gasteiger partial charge >= 0.3 is 0 Å². The Morgan fingerprint density at radius 3 is 2.75 bits per heavy atom. The van der Waals surface area contributed by atoms with Gasteiger partial charge in [-0.05, 0) is 38.8 Å². The average Bonchev–Trinajstić information content (AvgIpc) is 3.33. The van der Waals surface area contributed by atoms with Crippen molar-refractivity contribution in [3.63, 3.8) is 0 Å². The molecule has 1 fully saturated rings. The molecule has 0 radical (unpaired) electrons. The Morgan fingerprint density at radius 1 is 1.29 bits per heavy atom. The van der Waals surface area contributed by atoms with Crippen LogP contribution in [0.2, 0.25) is 0 Å². The molecule has 1 aliphatic rings. The lowest BCUT2D eigenvalue weighted by Gasteiger charge is -2.17. The zero-order valence-corrected chi connectivity index (χ0v) is 13.7. The zero-order valence-electron chi connectivity index (χ0n) is 13.7. The van der Waals surface area contributed by atoms with E-state index in [1.165, 1.54) is 0 Å². The van der Waals surface area contributed by atoms with Crippen LogP contribution in [-0.4, -0.2) is 19.5 Å². The van der Waals surface area contributed by atoms with E-state index in [4.69, 9.17) is 11.6 Å². The Bertz CT molecular complexity index is 971. The fraction of sp³-hybridized carbons (Fsp3) is 0.316. The molecule has 0 atom stereocenters. The summed E-state index contributed by atoms with van der Waals surface area (Å²) < 4.78 is 2.04. The molecule has 0 aliphatic heterocycles. The van der Waals surface area contributed by atoms with E-state index < -0.39 is 5.60 Å². The maximum atomic E-state index is 10.3. The van der Waals surface area contributed by atoms with Crippen molar-refractivity contribution in [2.24, 2.45) is 0 Å². The highest BCUT2D eigenvalue weighted by Gasteiger charge is 2.31. The Kier molecular flexibility index (Phi) is 3.19. The van der Waals surface area contributed by atoms with Crippen LogP contribution in [-0.2, 0) is 5.60 Å². The van der Waals surface area contributed by atoms with Crippen LogP contribution in [0.3, 0.4) is 0 Å². The summed E-state index contributed by atoms with van der Waals surface area (Å²) in [5.74, 6) is 0.474. The van der Waals surface area contributed by atoms with Gasteiger partial charge in [-0.2, -0.15) is 0 Å². The van der Waals surface area contributed by atoms with Gasteiger partial charge in [0.1, 0.15) is 5.65 Å². The van der Waals surface area contributed by atoms with Crippen molar-refractivity contribution in [3.05, 3.63) is 59.5 Å². The van der Waals surface area contributed by atoms with Crippen LogP contribution in [0.25, 0.3) is 21.7 Å². The summed E-state index contributed by atoms with van der Waals surface area (Å²) in [7, 11) is 0. The fourth-order valence-electron chi connectivity index (χ4n) is 2.98. The predicted octanol–water partition coefficient (Wildman–Crippen LogP) is 4.05. The largest absolute Gasteiger partial charge is 0.386 e. The fourth-order valence-corrected chi connectivity index (χ4v) is 2.98. The Balaban J connectivity index is 1.94. The van der Waals surface area contributed by atoms with Crippen molar-refractivity contribution in [2.75, 3.05) is 0 Å². The third-order valence-corrected chi connectivity index (χ3v) is 4.45. The lowest BCUT2D eigenvalue weighted by molar-refractivity contribution is 0.0783. The van der Waals surface area contributed by atoms with Crippen molar-refractivity contribution in [1.82, 2.24) is 14.4 Å². The second kappa shape index (κ2) is 5.15. The lowest BCUT2D eigenvalue weighted by Crippen LogP contribution is -2.15. The van der Waals surface area contributed by atoms with E-state index in [-0.39, 0.29) is 0 Å². The first-order valence-electron chi connectivity index (χ1n) is 8.05. The minimum atomic E-state index is -0.945. The smallest absolute Gasteiger partial charge is 0.203 e. The van der Waals surface area contributed by atoms with Crippen LogP contribution in [0, 0.1) is 6.57 Å². The van der Waals surface area contributed by atoms with Gasteiger partial charge in [-0.1, -0.05) is 6.07 Å². The van der Waals surface area contributed by atoms with E-state index in [1.54, 1.807) is 32.3 Å². The summed E-state index contributed by atoms with van der Waals surface area (Å²) in [5, 5.41) is 10.3. The topological polar surface area (TPSA) is 54.8 Å². The average molecular weight is 318 g/mol. The van der Waals surface area contributed by atoms with Gasteiger partial charge in [0.25, 0.3) is 0 Å². The van der Waals surface area contributed by atoms with Crippen LogP contribution in [0.4, 0.5) is 5.69 Å². The van der Waals surface area contributed by atoms with Crippen molar-refractivity contribution in [1.29, 1.82) is 0 Å². The summed E-state index contributed by atoms with van der Waals surface area (Å²) in [5.41, 5.74) is 4.22. The van der Waals surface area contributed by atoms with Crippen LogP contribution < -0.4 is 0 Å². The molecule has 0 amide bonds. The minimum Gasteiger partial charge on any atom is -0.386 e. The molecule has 1 aliphatic carbocycles. The lowest BCUT2D eigenvalue weighted by atomic mass is 9.98. The zero-order chi connectivity index (χ0) is 16.9. The summed E-state index contributed by atoms with van der Waals surface area (Å²) >= 11 is 0. The maximum Gasteiger partial charge on any atom is 0.203 e. The van der Waals surface area contributed by atoms with Crippen molar-refractivity contribution < 1.29 is 5.11 Å². The molecule has 4 rings (SSSR count). The number of hydrogen-bond donors (Lipinski definition) is 1. The first-order valence-corrected chi connectivity index (χ1v) is 8.05. The highest BCUT2D eigenvalue weighted by Crippen LogP contribution is 2.45. The number of imidazole rings is 1. The van der Waals surface area contributed by atoms with E-state index in [2.05, 4.69) is 9.83 Å². The second-order valence-corrected chi connectivity index (χ2v) is 6.87. The number of aliphatic hydroxyl groups is 1. The number of fused-ring (bicyclic) bond motifs is 1. The van der Waals surface area contributed by atoms with Gasteiger partial charge in [0.15, 0.2) is 0 Å². The number of hydrogen-bond acceptors (Lipinski definition) is 3. The van der Waals surface area contributed by atoms with Crippen molar-refractivity contribution in [2.45, 2.75) is 38.2 Å². The molecule has 5 heteroatoms. The third-order valence-electron chi connectivity index (χ3n) is 4.45. The van der Waals surface area contributed by atoms with Gasteiger partial charge < -0.3 is 9.51 Å². The van der Waals surface area contributed by atoms with E-state index in [9.17, 15) is 5.11 Å². The normalized spacial score (nSPS) is 14.8. The van der Waals surface area contributed by atoms with E-state index in [0.29, 0.717) is 11.6 Å². The van der Waals surface area contributed by atoms with Crippen LogP contribution in [0.1, 0.15) is 43.9 Å². The molecule has 0 saturated heterocycles. The molecule has 24 heavy (non-hydrogen) atoms. The van der Waals surface area contributed by atoms with E-state index in [1.807, 2.05) is 22.7 Å².